The van der Waals surface area contributed by atoms with Gasteiger partial charge < -0.3 is 5.32 Å². The van der Waals surface area contributed by atoms with Crippen LogP contribution in [0.2, 0.25) is 0 Å². The normalized spacial score (nSPS) is 27.2. The molecule has 1 heterocycles. The number of hydrogen-bond acceptors (Lipinski definition) is 4. The Morgan fingerprint density at radius 3 is 2.59 bits per heavy atom. The van der Waals surface area contributed by atoms with Gasteiger partial charge in [0.2, 0.25) is 0 Å². The van der Waals surface area contributed by atoms with E-state index in [1.807, 2.05) is 19.1 Å². The summed E-state index contributed by atoms with van der Waals surface area (Å²) >= 11 is 3.44. The number of rotatable bonds is 5. The van der Waals surface area contributed by atoms with Gasteiger partial charge in [0.1, 0.15) is 11.0 Å². The third-order valence-corrected chi connectivity index (χ3v) is 8.11. The van der Waals surface area contributed by atoms with Crippen LogP contribution in [-0.4, -0.2) is 21.6 Å². The van der Waals surface area contributed by atoms with Crippen molar-refractivity contribution in [1.82, 2.24) is 9.78 Å². The summed E-state index contributed by atoms with van der Waals surface area (Å²) in [6.07, 6.45) is 4.09. The number of hydrogen-bond donors (Lipinski definition) is 1. The van der Waals surface area contributed by atoms with Crippen LogP contribution in [0.4, 0.5) is 5.69 Å². The van der Waals surface area contributed by atoms with Gasteiger partial charge in [-0.05, 0) is 58.9 Å². The van der Waals surface area contributed by atoms with E-state index in [0.717, 1.165) is 23.8 Å². The first-order valence-corrected chi connectivity index (χ1v) is 11.1. The van der Waals surface area contributed by atoms with Crippen molar-refractivity contribution in [1.29, 1.82) is 0 Å². The third kappa shape index (κ3) is 3.56. The minimum Gasteiger partial charge on any atom is -0.380 e. The predicted molar refractivity (Wildman–Crippen MR) is 118 cm³/mol. The molecule has 2 aromatic rings. The molecule has 3 fully saturated rings. The van der Waals surface area contributed by atoms with Crippen LogP contribution < -0.4 is 10.9 Å². The van der Waals surface area contributed by atoms with Gasteiger partial charge in [0, 0.05) is 11.6 Å². The molecule has 3 saturated carbocycles. The lowest BCUT2D eigenvalue weighted by Crippen LogP contribution is -2.58. The highest BCUT2D eigenvalue weighted by atomic mass is 79.9. The number of ketones is 1. The Labute approximate surface area is 180 Å². The summed E-state index contributed by atoms with van der Waals surface area (Å²) in [6.45, 7) is 8.96. The second-order valence-electron chi connectivity index (χ2n) is 9.33. The van der Waals surface area contributed by atoms with E-state index < -0.39 is 0 Å². The van der Waals surface area contributed by atoms with Gasteiger partial charge in [-0.3, -0.25) is 9.59 Å². The van der Waals surface area contributed by atoms with Crippen LogP contribution in [0.25, 0.3) is 0 Å². The number of nitrogens with zero attached hydrogens (tertiary/aromatic N) is 2. The van der Waals surface area contributed by atoms with Crippen LogP contribution in [-0.2, 0) is 6.54 Å². The number of Topliss-reactive ketones (excluding diaryl/α,β-unsaturated/α-hetero) is 1. The molecule has 0 spiro atoms. The van der Waals surface area contributed by atoms with Crippen LogP contribution in [0.3, 0.4) is 0 Å². The monoisotopic (exact) mass is 457 g/mol. The molecule has 4 atom stereocenters. The smallest absolute Gasteiger partial charge is 0.283 e. The van der Waals surface area contributed by atoms with Crippen molar-refractivity contribution in [2.45, 2.75) is 53.1 Å². The number of aromatic nitrogens is 2. The highest BCUT2D eigenvalue weighted by Gasteiger charge is 2.56. The van der Waals surface area contributed by atoms with Gasteiger partial charge >= 0.3 is 0 Å². The first-order valence-electron chi connectivity index (χ1n) is 10.3. The van der Waals surface area contributed by atoms with Crippen LogP contribution in [0.1, 0.15) is 49.5 Å². The summed E-state index contributed by atoms with van der Waals surface area (Å²) in [5.74, 6) is 1.88. The van der Waals surface area contributed by atoms with Crippen LogP contribution in [0, 0.1) is 30.1 Å². The van der Waals surface area contributed by atoms with Gasteiger partial charge in [0.15, 0.2) is 5.78 Å². The van der Waals surface area contributed by atoms with Gasteiger partial charge in [-0.2, -0.15) is 5.10 Å². The molecule has 5 rings (SSSR count). The molecule has 0 aliphatic heterocycles. The molecule has 0 saturated heterocycles. The molecular weight excluding hydrogens is 430 g/mol. The Hall–Kier alpha value is -1.95. The summed E-state index contributed by atoms with van der Waals surface area (Å²) in [4.78, 5) is 25.3. The molecule has 154 valence electrons. The number of carbonyl (C=O) groups is 1. The Morgan fingerprint density at radius 1 is 1.28 bits per heavy atom. The van der Waals surface area contributed by atoms with E-state index in [1.165, 1.54) is 11.1 Å². The Bertz CT molecular complexity index is 996. The van der Waals surface area contributed by atoms with Crippen molar-refractivity contribution in [2.75, 3.05) is 5.32 Å². The number of anilines is 1. The zero-order valence-corrected chi connectivity index (χ0v) is 19.0. The highest BCUT2D eigenvalue weighted by Crippen LogP contribution is 2.61. The standard InChI is InChI=1S/C23H28BrN3O2/c1-13-5-7-15(8-6-13)20(28)12-27-22(29)21(24)19(11-25-27)26-18-10-16-9-17(14(18)2)23(16,3)4/h5-8,11,14,16-18,26H,9-10,12H2,1-4H3/t14-,16-,17+,18-/m1/s1. The summed E-state index contributed by atoms with van der Waals surface area (Å²) in [7, 11) is 0. The van der Waals surface area contributed by atoms with Crippen molar-refractivity contribution in [2.24, 2.45) is 23.2 Å². The van der Waals surface area contributed by atoms with E-state index in [0.29, 0.717) is 33.1 Å². The van der Waals surface area contributed by atoms with Crippen LogP contribution >= 0.6 is 15.9 Å². The van der Waals surface area contributed by atoms with E-state index in [9.17, 15) is 9.59 Å². The maximum atomic E-state index is 12.8. The minimum atomic E-state index is -0.288. The van der Waals surface area contributed by atoms with Crippen LogP contribution in [0.15, 0.2) is 39.7 Å². The largest absolute Gasteiger partial charge is 0.380 e. The highest BCUT2D eigenvalue weighted by molar-refractivity contribution is 9.10. The minimum absolute atomic E-state index is 0.0705. The predicted octanol–water partition coefficient (Wildman–Crippen LogP) is 4.68. The van der Waals surface area contributed by atoms with Crippen molar-refractivity contribution < 1.29 is 4.79 Å². The fourth-order valence-corrected chi connectivity index (χ4v) is 5.61. The second-order valence-corrected chi connectivity index (χ2v) is 10.1. The van der Waals surface area contributed by atoms with E-state index in [4.69, 9.17) is 0 Å². The fourth-order valence-electron chi connectivity index (χ4n) is 5.19. The van der Waals surface area contributed by atoms with Gasteiger partial charge in [-0.15, -0.1) is 0 Å². The van der Waals surface area contributed by atoms with E-state index in [1.54, 1.807) is 18.3 Å². The molecule has 6 heteroatoms. The van der Waals surface area contributed by atoms with E-state index in [-0.39, 0.29) is 17.9 Å². The maximum Gasteiger partial charge on any atom is 0.283 e. The van der Waals surface area contributed by atoms with Gasteiger partial charge in [0.25, 0.3) is 5.56 Å². The number of carbonyl (C=O) groups excluding carboxylic acids is 1. The molecular formula is C23H28BrN3O2. The lowest BCUT2D eigenvalue weighted by Gasteiger charge is -2.62. The molecule has 29 heavy (non-hydrogen) atoms. The summed E-state index contributed by atoms with van der Waals surface area (Å²) in [6, 6.07) is 7.69. The number of nitrogens with one attached hydrogen (secondary N) is 1. The zero-order chi connectivity index (χ0) is 20.9. The molecule has 3 aliphatic carbocycles. The van der Waals surface area contributed by atoms with Crippen LogP contribution in [0.5, 0.6) is 0 Å². The summed E-state index contributed by atoms with van der Waals surface area (Å²) < 4.78 is 1.66. The number of benzene rings is 1. The van der Waals surface area contributed by atoms with Crippen molar-refractivity contribution in [3.05, 3.63) is 56.4 Å². The Balaban J connectivity index is 1.49. The summed E-state index contributed by atoms with van der Waals surface area (Å²) in [5, 5.41) is 7.81. The summed E-state index contributed by atoms with van der Waals surface area (Å²) in [5.41, 5.74) is 2.52. The first-order chi connectivity index (χ1) is 13.7. The van der Waals surface area contributed by atoms with E-state index in [2.05, 4.69) is 47.1 Å². The number of fused-ring (bicyclic) bond motifs is 2. The SMILES string of the molecule is Cc1ccc(C(=O)Cn2ncc(N[C@@H]3C[C@H]4C[C@@H]([C@H]3C)C4(C)C)c(Br)c2=O)cc1. The first kappa shape index (κ1) is 20.3. The van der Waals surface area contributed by atoms with Crippen molar-refractivity contribution in [3.8, 4) is 0 Å². The van der Waals surface area contributed by atoms with Crippen molar-refractivity contribution >= 4 is 27.4 Å². The van der Waals surface area contributed by atoms with E-state index >= 15 is 0 Å². The second kappa shape index (κ2) is 7.38. The van der Waals surface area contributed by atoms with Crippen molar-refractivity contribution in [3.63, 3.8) is 0 Å². The average molecular weight is 458 g/mol. The quantitative estimate of drug-likeness (QED) is 0.661. The fraction of sp³-hybridized carbons (Fsp3) is 0.522. The van der Waals surface area contributed by atoms with Gasteiger partial charge in [-0.1, -0.05) is 50.6 Å². The molecule has 1 aromatic carbocycles. The van der Waals surface area contributed by atoms with Gasteiger partial charge in [-0.25, -0.2) is 4.68 Å². The molecule has 1 aromatic heterocycles. The molecule has 5 nitrogen and oxygen atoms in total. The number of halogens is 1. The Morgan fingerprint density at radius 2 is 1.97 bits per heavy atom. The van der Waals surface area contributed by atoms with Gasteiger partial charge in [0.05, 0.1) is 11.9 Å². The maximum absolute atomic E-state index is 12.8. The molecule has 1 N–H and O–H groups in total. The Kier molecular flexibility index (Phi) is 5.18. The molecule has 0 amide bonds. The lowest BCUT2D eigenvalue weighted by atomic mass is 9.45. The number of aryl methyl sites for hydroxylation is 1. The topological polar surface area (TPSA) is 64.0 Å². The third-order valence-electron chi connectivity index (χ3n) is 7.35. The molecule has 0 unspecified atom stereocenters. The zero-order valence-electron chi connectivity index (χ0n) is 17.4. The molecule has 2 bridgehead atoms. The molecule has 3 aliphatic rings. The molecule has 0 radical (unpaired) electrons. The lowest BCUT2D eigenvalue weighted by molar-refractivity contribution is -0.105. The average Bonchev–Trinajstić information content (AvgIpc) is 2.69.